The zero-order valence-electron chi connectivity index (χ0n) is 17.8. The summed E-state index contributed by atoms with van der Waals surface area (Å²) in [6.45, 7) is 3.61. The Hall–Kier alpha value is -1.84. The molecule has 2 aromatic rings. The number of aryl methyl sites for hydroxylation is 2. The molecule has 0 amide bonds. The molecule has 0 atom stereocenters. The third-order valence-corrected chi connectivity index (χ3v) is 5.74. The van der Waals surface area contributed by atoms with E-state index < -0.39 is 0 Å². The number of hydrogen-bond acceptors (Lipinski definition) is 4. The number of ether oxygens (including phenoxy) is 1. The molecule has 164 valence electrons. The van der Waals surface area contributed by atoms with Crippen molar-refractivity contribution < 1.29 is 4.74 Å². The van der Waals surface area contributed by atoms with Crippen LogP contribution in [0, 0.1) is 0 Å². The number of halogens is 1. The van der Waals surface area contributed by atoms with Crippen molar-refractivity contribution in [2.45, 2.75) is 57.9 Å². The Balaban J connectivity index is 0.00000256. The maximum Gasteiger partial charge on any atom is 0.190 e. The van der Waals surface area contributed by atoms with E-state index in [1.54, 1.807) is 0 Å². The van der Waals surface area contributed by atoms with Crippen molar-refractivity contribution >= 4 is 29.9 Å². The van der Waals surface area contributed by atoms with E-state index in [9.17, 15) is 0 Å². The lowest BCUT2D eigenvalue weighted by Gasteiger charge is -2.12. The fourth-order valence-electron chi connectivity index (χ4n) is 4.12. The summed E-state index contributed by atoms with van der Waals surface area (Å²) in [7, 11) is 1.82. The molecule has 0 bridgehead atoms. The number of fused-ring (bicyclic) bond motifs is 2. The largest absolute Gasteiger partial charge is 0.493 e. The highest BCUT2D eigenvalue weighted by molar-refractivity contribution is 14.0. The molecular formula is C22H33IN6O. The Morgan fingerprint density at radius 3 is 2.90 bits per heavy atom. The maximum absolute atomic E-state index is 5.58. The van der Waals surface area contributed by atoms with Crippen LogP contribution < -0.4 is 15.4 Å². The van der Waals surface area contributed by atoms with Gasteiger partial charge in [0.1, 0.15) is 17.4 Å². The summed E-state index contributed by atoms with van der Waals surface area (Å²) < 4.78 is 7.91. The zero-order chi connectivity index (χ0) is 19.9. The van der Waals surface area contributed by atoms with Gasteiger partial charge < -0.3 is 19.9 Å². The third kappa shape index (κ3) is 5.86. The zero-order valence-corrected chi connectivity index (χ0v) is 20.2. The van der Waals surface area contributed by atoms with Crippen molar-refractivity contribution in [3.05, 3.63) is 41.0 Å². The summed E-state index contributed by atoms with van der Waals surface area (Å²) in [5.41, 5.74) is 2.67. The van der Waals surface area contributed by atoms with Gasteiger partial charge in [-0.1, -0.05) is 18.6 Å². The highest BCUT2D eigenvalue weighted by Crippen LogP contribution is 2.25. The summed E-state index contributed by atoms with van der Waals surface area (Å²) >= 11 is 0. The molecule has 2 N–H and O–H groups in total. The van der Waals surface area contributed by atoms with Gasteiger partial charge in [-0.05, 0) is 42.9 Å². The lowest BCUT2D eigenvalue weighted by Crippen LogP contribution is -2.38. The third-order valence-electron chi connectivity index (χ3n) is 5.74. The van der Waals surface area contributed by atoms with Crippen molar-refractivity contribution in [1.29, 1.82) is 0 Å². The van der Waals surface area contributed by atoms with Gasteiger partial charge in [0.2, 0.25) is 0 Å². The lowest BCUT2D eigenvalue weighted by molar-refractivity contribution is 0.357. The van der Waals surface area contributed by atoms with Crippen LogP contribution in [-0.4, -0.2) is 47.5 Å². The molecule has 7 nitrogen and oxygen atoms in total. The van der Waals surface area contributed by atoms with Crippen LogP contribution in [0.5, 0.6) is 5.75 Å². The molecule has 0 saturated heterocycles. The van der Waals surface area contributed by atoms with E-state index in [1.807, 2.05) is 7.05 Å². The summed E-state index contributed by atoms with van der Waals surface area (Å²) in [6.07, 6.45) is 8.81. The molecule has 8 heteroatoms. The van der Waals surface area contributed by atoms with Gasteiger partial charge in [0.25, 0.3) is 0 Å². The minimum absolute atomic E-state index is 0. The Labute approximate surface area is 196 Å². The first-order valence-corrected chi connectivity index (χ1v) is 10.9. The Morgan fingerprint density at radius 2 is 2.00 bits per heavy atom. The Bertz CT molecular complexity index is 850. The normalized spacial score (nSPS) is 15.4. The number of benzene rings is 1. The average molecular weight is 524 g/mol. The first-order chi connectivity index (χ1) is 14.3. The van der Waals surface area contributed by atoms with E-state index in [2.05, 4.69) is 48.6 Å². The average Bonchev–Trinajstić information content (AvgIpc) is 3.29. The van der Waals surface area contributed by atoms with E-state index in [-0.39, 0.29) is 24.0 Å². The van der Waals surface area contributed by atoms with Crippen LogP contribution in [-0.2, 0) is 32.2 Å². The molecule has 4 rings (SSSR count). The molecule has 2 aliphatic heterocycles. The van der Waals surface area contributed by atoms with Crippen molar-refractivity contribution in [3.63, 3.8) is 0 Å². The van der Waals surface area contributed by atoms with Crippen LogP contribution in [0.25, 0.3) is 0 Å². The van der Waals surface area contributed by atoms with Crippen molar-refractivity contribution in [3.8, 4) is 5.75 Å². The van der Waals surface area contributed by atoms with Gasteiger partial charge in [0.05, 0.1) is 6.61 Å². The topological polar surface area (TPSA) is 76.4 Å². The Kier molecular flexibility index (Phi) is 8.77. The molecule has 0 fully saturated rings. The molecule has 0 saturated carbocycles. The van der Waals surface area contributed by atoms with E-state index in [1.165, 1.54) is 36.2 Å². The van der Waals surface area contributed by atoms with E-state index in [0.29, 0.717) is 0 Å². The maximum atomic E-state index is 5.58. The highest BCUT2D eigenvalue weighted by Gasteiger charge is 2.14. The van der Waals surface area contributed by atoms with Crippen LogP contribution in [0.4, 0.5) is 0 Å². The number of nitrogens with zero attached hydrogens (tertiary/aromatic N) is 4. The molecule has 1 aromatic heterocycles. The number of aromatic nitrogens is 3. The van der Waals surface area contributed by atoms with Crippen molar-refractivity contribution in [1.82, 2.24) is 25.4 Å². The number of hydrogen-bond donors (Lipinski definition) is 2. The second kappa shape index (κ2) is 11.5. The predicted molar refractivity (Wildman–Crippen MR) is 130 cm³/mol. The van der Waals surface area contributed by atoms with Gasteiger partial charge in [-0.15, -0.1) is 34.2 Å². The predicted octanol–water partition coefficient (Wildman–Crippen LogP) is 2.90. The first kappa shape index (κ1) is 22.8. The standard InChI is InChI=1S/C22H32N6O.HI/c1-23-22(25-13-10-17-8-9-19-18(16-17)11-15-29-19)24-12-5-7-21-27-26-20-6-3-2-4-14-28(20)21;/h8-9,16H,2-7,10-15H2,1H3,(H2,23,24,25);1H. The summed E-state index contributed by atoms with van der Waals surface area (Å²) in [5.74, 6) is 4.20. The van der Waals surface area contributed by atoms with Crippen molar-refractivity contribution in [2.75, 3.05) is 26.7 Å². The molecule has 1 aromatic carbocycles. The molecule has 30 heavy (non-hydrogen) atoms. The minimum Gasteiger partial charge on any atom is -0.493 e. The summed E-state index contributed by atoms with van der Waals surface area (Å²) in [5, 5.41) is 15.6. The van der Waals surface area contributed by atoms with Crippen LogP contribution in [0.15, 0.2) is 23.2 Å². The van der Waals surface area contributed by atoms with Crippen LogP contribution in [0.3, 0.4) is 0 Å². The fourth-order valence-corrected chi connectivity index (χ4v) is 4.12. The smallest absolute Gasteiger partial charge is 0.190 e. The first-order valence-electron chi connectivity index (χ1n) is 10.9. The second-order valence-electron chi connectivity index (χ2n) is 7.81. The van der Waals surface area contributed by atoms with Gasteiger partial charge in [-0.2, -0.15) is 0 Å². The molecule has 0 radical (unpaired) electrons. The lowest BCUT2D eigenvalue weighted by atomic mass is 10.1. The minimum atomic E-state index is 0. The quantitative estimate of drug-likeness (QED) is 0.252. The summed E-state index contributed by atoms with van der Waals surface area (Å²) in [6, 6.07) is 6.52. The Morgan fingerprint density at radius 1 is 1.10 bits per heavy atom. The number of guanidine groups is 1. The molecule has 0 unspecified atom stereocenters. The molecule has 0 spiro atoms. The van der Waals surface area contributed by atoms with E-state index >= 15 is 0 Å². The molecule has 3 heterocycles. The molecular weight excluding hydrogens is 491 g/mol. The number of rotatable bonds is 7. The van der Waals surface area contributed by atoms with Gasteiger partial charge in [-0.25, -0.2) is 0 Å². The van der Waals surface area contributed by atoms with E-state index in [4.69, 9.17) is 4.74 Å². The number of aliphatic imine (C=N–C) groups is 1. The van der Waals surface area contributed by atoms with E-state index in [0.717, 1.165) is 75.9 Å². The molecule has 0 aliphatic carbocycles. The van der Waals surface area contributed by atoms with Crippen molar-refractivity contribution in [2.24, 2.45) is 4.99 Å². The van der Waals surface area contributed by atoms with Gasteiger partial charge >= 0.3 is 0 Å². The van der Waals surface area contributed by atoms with Gasteiger partial charge in [-0.3, -0.25) is 4.99 Å². The highest BCUT2D eigenvalue weighted by atomic mass is 127. The summed E-state index contributed by atoms with van der Waals surface area (Å²) in [4.78, 5) is 4.34. The van der Waals surface area contributed by atoms with Crippen LogP contribution in [0.1, 0.15) is 48.5 Å². The fraction of sp³-hybridized carbons (Fsp3) is 0.591. The second-order valence-corrected chi connectivity index (χ2v) is 7.81. The van der Waals surface area contributed by atoms with Crippen LogP contribution >= 0.6 is 24.0 Å². The number of nitrogens with one attached hydrogen (secondary N) is 2. The van der Waals surface area contributed by atoms with Gasteiger partial charge in [0.15, 0.2) is 5.96 Å². The SMILES string of the molecule is CN=C(NCCCc1nnc2n1CCCCC2)NCCc1ccc2c(c1)CCO2.I. The van der Waals surface area contributed by atoms with Gasteiger partial charge in [0, 0.05) is 45.9 Å². The molecule has 2 aliphatic rings. The van der Waals surface area contributed by atoms with Crippen LogP contribution in [0.2, 0.25) is 0 Å². The monoisotopic (exact) mass is 524 g/mol.